The van der Waals surface area contributed by atoms with Gasteiger partial charge in [0.15, 0.2) is 5.96 Å². The predicted octanol–water partition coefficient (Wildman–Crippen LogP) is 3.70. The summed E-state index contributed by atoms with van der Waals surface area (Å²) in [6.45, 7) is 3.67. The van der Waals surface area contributed by atoms with Crippen LogP contribution < -0.4 is 20.3 Å². The third kappa shape index (κ3) is 6.03. The molecule has 2 N–H and O–H groups in total. The van der Waals surface area contributed by atoms with Gasteiger partial charge in [0.25, 0.3) is 0 Å². The molecule has 0 spiro atoms. The quantitative estimate of drug-likeness (QED) is 0.548. The van der Waals surface area contributed by atoms with Gasteiger partial charge in [-0.1, -0.05) is 0 Å². The molecule has 158 valence electrons. The highest BCUT2D eigenvalue weighted by molar-refractivity contribution is 7.11. The molecule has 0 bridgehead atoms. The average molecular weight is 424 g/mol. The summed E-state index contributed by atoms with van der Waals surface area (Å²) in [6.07, 6.45) is 2.08. The van der Waals surface area contributed by atoms with Crippen LogP contribution in [0.5, 0.6) is 5.75 Å². The molecule has 0 aliphatic carbocycles. The van der Waals surface area contributed by atoms with E-state index in [0.717, 1.165) is 48.3 Å². The second-order valence-electron chi connectivity index (χ2n) is 6.98. The second kappa shape index (κ2) is 9.87. The maximum atomic E-state index is 12.3. The first-order chi connectivity index (χ1) is 13.9. The third-order valence-corrected chi connectivity index (χ3v) is 5.97. The number of benzene rings is 1. The Kier molecular flexibility index (Phi) is 7.24. The highest BCUT2D eigenvalue weighted by Crippen LogP contribution is 2.24. The molecule has 1 aliphatic rings. The van der Waals surface area contributed by atoms with Crippen molar-refractivity contribution >= 4 is 23.0 Å². The van der Waals surface area contributed by atoms with Crippen LogP contribution in [0.4, 0.5) is 14.5 Å². The zero-order valence-electron chi connectivity index (χ0n) is 16.9. The number of hydrogen-bond acceptors (Lipinski definition) is 5. The molecule has 1 atom stereocenters. The Labute approximate surface area is 174 Å². The Balaban J connectivity index is 1.54. The number of nitrogens with one attached hydrogen (secondary N) is 2. The first-order valence-electron chi connectivity index (χ1n) is 9.64. The van der Waals surface area contributed by atoms with Gasteiger partial charge in [-0.05, 0) is 51.0 Å². The van der Waals surface area contributed by atoms with Crippen molar-refractivity contribution in [3.05, 3.63) is 39.8 Å². The molecule has 1 saturated heterocycles. The van der Waals surface area contributed by atoms with Crippen molar-refractivity contribution in [1.29, 1.82) is 0 Å². The van der Waals surface area contributed by atoms with E-state index in [9.17, 15) is 8.78 Å². The highest BCUT2D eigenvalue weighted by atomic mass is 32.1. The van der Waals surface area contributed by atoms with Gasteiger partial charge in [0.1, 0.15) is 10.8 Å². The first-order valence-corrected chi connectivity index (χ1v) is 10.5. The SMILES string of the molecule is CN=C(NCc1nc(C)c(C)s1)NC1CCCN(c2ccc(OC(F)F)cc2)C1. The molecule has 0 saturated carbocycles. The third-order valence-electron chi connectivity index (χ3n) is 4.89. The molecule has 6 nitrogen and oxygen atoms in total. The lowest BCUT2D eigenvalue weighted by molar-refractivity contribution is -0.0498. The zero-order chi connectivity index (χ0) is 20.8. The minimum Gasteiger partial charge on any atom is -0.435 e. The largest absolute Gasteiger partial charge is 0.435 e. The Bertz CT molecular complexity index is 805. The van der Waals surface area contributed by atoms with E-state index in [2.05, 4.69) is 37.2 Å². The number of hydrogen-bond donors (Lipinski definition) is 2. The molecule has 1 aromatic carbocycles. The first kappa shape index (κ1) is 21.3. The smallest absolute Gasteiger partial charge is 0.387 e. The lowest BCUT2D eigenvalue weighted by Crippen LogP contribution is -2.51. The lowest BCUT2D eigenvalue weighted by Gasteiger charge is -2.35. The summed E-state index contributed by atoms with van der Waals surface area (Å²) in [4.78, 5) is 12.4. The number of guanidine groups is 1. The molecule has 3 rings (SSSR count). The molecule has 1 aliphatic heterocycles. The van der Waals surface area contributed by atoms with Gasteiger partial charge in [0.05, 0.1) is 12.2 Å². The van der Waals surface area contributed by atoms with Gasteiger partial charge >= 0.3 is 6.61 Å². The van der Waals surface area contributed by atoms with E-state index in [1.165, 1.54) is 4.88 Å². The molecule has 2 heterocycles. The van der Waals surface area contributed by atoms with Crippen LogP contribution in [-0.2, 0) is 6.54 Å². The molecule has 9 heteroatoms. The fourth-order valence-electron chi connectivity index (χ4n) is 3.33. The minimum atomic E-state index is -2.80. The topological polar surface area (TPSA) is 61.8 Å². The molecule has 2 aromatic rings. The van der Waals surface area contributed by atoms with Crippen molar-refractivity contribution in [2.45, 2.75) is 45.9 Å². The summed E-state index contributed by atoms with van der Waals surface area (Å²) in [5.74, 6) is 0.927. The van der Waals surface area contributed by atoms with Crippen LogP contribution in [0.3, 0.4) is 0 Å². The van der Waals surface area contributed by atoms with Crippen molar-refractivity contribution in [3.8, 4) is 5.75 Å². The molecule has 1 unspecified atom stereocenters. The fourth-order valence-corrected chi connectivity index (χ4v) is 4.20. The van der Waals surface area contributed by atoms with Crippen LogP contribution >= 0.6 is 11.3 Å². The van der Waals surface area contributed by atoms with Crippen LogP contribution in [0.1, 0.15) is 28.4 Å². The standard InChI is InChI=1S/C20H27F2N5OS/c1-13-14(2)29-18(25-13)11-24-20(23-3)26-15-5-4-10-27(12-15)16-6-8-17(9-7-16)28-19(21)22/h6-9,15,19H,4-5,10-12H2,1-3H3,(H2,23,24,26). The van der Waals surface area contributed by atoms with Gasteiger partial charge in [-0.3, -0.25) is 4.99 Å². The highest BCUT2D eigenvalue weighted by Gasteiger charge is 2.21. The summed E-state index contributed by atoms with van der Waals surface area (Å²) in [5, 5.41) is 7.86. The van der Waals surface area contributed by atoms with Crippen molar-refractivity contribution < 1.29 is 13.5 Å². The van der Waals surface area contributed by atoms with E-state index in [4.69, 9.17) is 0 Å². The number of aliphatic imine (C=N–C) groups is 1. The van der Waals surface area contributed by atoms with Crippen LogP contribution in [0.15, 0.2) is 29.3 Å². The van der Waals surface area contributed by atoms with E-state index in [0.29, 0.717) is 6.54 Å². The van der Waals surface area contributed by atoms with Crippen molar-refractivity contribution in [1.82, 2.24) is 15.6 Å². The maximum Gasteiger partial charge on any atom is 0.387 e. The van der Waals surface area contributed by atoms with Gasteiger partial charge in [-0.2, -0.15) is 8.78 Å². The second-order valence-corrected chi connectivity index (χ2v) is 8.26. The number of piperidine rings is 1. The van der Waals surface area contributed by atoms with Crippen LogP contribution in [0.2, 0.25) is 0 Å². The Hall–Kier alpha value is -2.42. The van der Waals surface area contributed by atoms with E-state index >= 15 is 0 Å². The van der Waals surface area contributed by atoms with Crippen LogP contribution in [0, 0.1) is 13.8 Å². The van der Waals surface area contributed by atoms with E-state index < -0.39 is 6.61 Å². The number of alkyl halides is 2. The maximum absolute atomic E-state index is 12.3. The molecule has 0 amide bonds. The van der Waals surface area contributed by atoms with Crippen LogP contribution in [0.25, 0.3) is 0 Å². The molecule has 29 heavy (non-hydrogen) atoms. The molecule has 0 radical (unpaired) electrons. The summed E-state index contributed by atoms with van der Waals surface area (Å²) in [6, 6.07) is 7.04. The summed E-state index contributed by atoms with van der Waals surface area (Å²) in [5.41, 5.74) is 2.07. The van der Waals surface area contributed by atoms with Gasteiger partial charge in [0, 0.05) is 36.7 Å². The summed E-state index contributed by atoms with van der Waals surface area (Å²) in [7, 11) is 1.76. The van der Waals surface area contributed by atoms with Gasteiger partial charge in [0.2, 0.25) is 0 Å². The predicted molar refractivity (Wildman–Crippen MR) is 113 cm³/mol. The molecule has 1 fully saturated rings. The number of ether oxygens (including phenoxy) is 1. The lowest BCUT2D eigenvalue weighted by atomic mass is 10.0. The van der Waals surface area contributed by atoms with E-state index in [1.807, 2.05) is 19.1 Å². The molecule has 1 aromatic heterocycles. The Morgan fingerprint density at radius 2 is 2.10 bits per heavy atom. The number of rotatable bonds is 6. The molecular formula is C20H27F2N5OS. The Morgan fingerprint density at radius 3 is 2.72 bits per heavy atom. The van der Waals surface area contributed by atoms with Gasteiger partial charge in [-0.15, -0.1) is 11.3 Å². The number of anilines is 1. The average Bonchev–Trinajstić information content (AvgIpc) is 3.03. The van der Waals surface area contributed by atoms with Crippen LogP contribution in [-0.4, -0.2) is 43.7 Å². The van der Waals surface area contributed by atoms with Crippen molar-refractivity contribution in [3.63, 3.8) is 0 Å². The van der Waals surface area contributed by atoms with Crippen molar-refractivity contribution in [2.24, 2.45) is 4.99 Å². The number of aryl methyl sites for hydroxylation is 2. The zero-order valence-corrected chi connectivity index (χ0v) is 17.7. The monoisotopic (exact) mass is 423 g/mol. The van der Waals surface area contributed by atoms with Crippen molar-refractivity contribution in [2.75, 3.05) is 25.0 Å². The minimum absolute atomic E-state index is 0.174. The van der Waals surface area contributed by atoms with Gasteiger partial charge < -0.3 is 20.3 Å². The summed E-state index contributed by atoms with van der Waals surface area (Å²) < 4.78 is 29.0. The number of nitrogens with zero attached hydrogens (tertiary/aromatic N) is 3. The van der Waals surface area contributed by atoms with Gasteiger partial charge in [-0.25, -0.2) is 4.98 Å². The number of aromatic nitrogens is 1. The Morgan fingerprint density at radius 1 is 1.34 bits per heavy atom. The molecular weight excluding hydrogens is 396 g/mol. The van der Waals surface area contributed by atoms with E-state index in [1.54, 1.807) is 30.5 Å². The normalized spacial score (nSPS) is 17.5. The number of halogens is 2. The summed E-state index contributed by atoms with van der Waals surface area (Å²) >= 11 is 1.69. The fraction of sp³-hybridized carbons (Fsp3) is 0.500. The number of thiazole rings is 1. The van der Waals surface area contributed by atoms with E-state index in [-0.39, 0.29) is 11.8 Å².